The highest BCUT2D eigenvalue weighted by atomic mass is 16.6. The summed E-state index contributed by atoms with van der Waals surface area (Å²) in [5.41, 5.74) is 2.04. The van der Waals surface area contributed by atoms with E-state index in [0.29, 0.717) is 0 Å². The van der Waals surface area contributed by atoms with Crippen LogP contribution in [0.15, 0.2) is 11.1 Å². The fourth-order valence-electron chi connectivity index (χ4n) is 4.59. The molecule has 19 heavy (non-hydrogen) atoms. The quantitative estimate of drug-likeness (QED) is 0.408. The van der Waals surface area contributed by atoms with Gasteiger partial charge in [0.2, 0.25) is 0 Å². The van der Waals surface area contributed by atoms with Crippen molar-refractivity contribution in [2.24, 2.45) is 17.8 Å². The molecule has 2 aliphatic heterocycles. The van der Waals surface area contributed by atoms with Gasteiger partial charge in [0.1, 0.15) is 23.9 Å². The smallest absolute Gasteiger partial charge is 0.309 e. The lowest BCUT2D eigenvalue weighted by atomic mass is 9.79. The van der Waals surface area contributed by atoms with E-state index in [0.717, 1.165) is 18.4 Å². The van der Waals surface area contributed by atoms with Crippen LogP contribution in [0.2, 0.25) is 0 Å². The van der Waals surface area contributed by atoms with E-state index in [4.69, 9.17) is 9.47 Å². The SMILES string of the molecule is CC1=C2[C@H](O)[C@@H]3O[C@]3(C)[C@@H]2[C@H]2OC(=O)[C@@H](C)[C@@H]2CC1. The van der Waals surface area contributed by atoms with Gasteiger partial charge in [-0.1, -0.05) is 12.5 Å². The van der Waals surface area contributed by atoms with Crippen LogP contribution in [0.1, 0.15) is 33.6 Å². The summed E-state index contributed by atoms with van der Waals surface area (Å²) < 4.78 is 11.4. The minimum atomic E-state index is -0.511. The van der Waals surface area contributed by atoms with Crippen LogP contribution in [0.25, 0.3) is 0 Å². The molecule has 3 fully saturated rings. The number of hydrogen-bond acceptors (Lipinski definition) is 4. The number of esters is 1. The minimum absolute atomic E-state index is 0.0318. The van der Waals surface area contributed by atoms with Crippen LogP contribution in [-0.2, 0) is 14.3 Å². The average Bonchev–Trinajstić information content (AvgIpc) is 2.94. The second kappa shape index (κ2) is 3.41. The van der Waals surface area contributed by atoms with Crippen molar-refractivity contribution in [3.8, 4) is 0 Å². The molecule has 4 rings (SSSR count). The molecular weight excluding hydrogens is 244 g/mol. The predicted molar refractivity (Wildman–Crippen MR) is 67.2 cm³/mol. The summed E-state index contributed by atoms with van der Waals surface area (Å²) in [4.78, 5) is 11.9. The summed E-state index contributed by atoms with van der Waals surface area (Å²) in [6, 6.07) is 0. The van der Waals surface area contributed by atoms with Gasteiger partial charge in [-0.2, -0.15) is 0 Å². The van der Waals surface area contributed by atoms with E-state index in [2.05, 4.69) is 6.92 Å². The molecule has 1 saturated carbocycles. The number of epoxide rings is 1. The van der Waals surface area contributed by atoms with Gasteiger partial charge in [0.05, 0.1) is 11.8 Å². The van der Waals surface area contributed by atoms with Gasteiger partial charge >= 0.3 is 5.97 Å². The largest absolute Gasteiger partial charge is 0.461 e. The summed E-state index contributed by atoms with van der Waals surface area (Å²) >= 11 is 0. The molecule has 0 aromatic rings. The average molecular weight is 264 g/mol. The van der Waals surface area contributed by atoms with Crippen LogP contribution in [0.4, 0.5) is 0 Å². The topological polar surface area (TPSA) is 59.1 Å². The van der Waals surface area contributed by atoms with E-state index < -0.39 is 6.10 Å². The normalized spacial score (nSPS) is 55.3. The van der Waals surface area contributed by atoms with Gasteiger partial charge in [0, 0.05) is 5.92 Å². The monoisotopic (exact) mass is 264 g/mol. The molecule has 0 unspecified atom stereocenters. The number of allylic oxidation sites excluding steroid dienone is 1. The Kier molecular flexibility index (Phi) is 2.14. The predicted octanol–water partition coefficient (Wildman–Crippen LogP) is 1.42. The van der Waals surface area contributed by atoms with E-state index in [1.807, 2.05) is 13.8 Å². The van der Waals surface area contributed by atoms with Crippen molar-refractivity contribution in [1.29, 1.82) is 0 Å². The van der Waals surface area contributed by atoms with Crippen molar-refractivity contribution in [1.82, 2.24) is 0 Å². The third-order valence-corrected chi connectivity index (χ3v) is 5.81. The van der Waals surface area contributed by atoms with Gasteiger partial charge in [-0.3, -0.25) is 4.79 Å². The first-order chi connectivity index (χ1) is 8.95. The Morgan fingerprint density at radius 2 is 2.16 bits per heavy atom. The molecule has 4 nitrogen and oxygen atoms in total. The Morgan fingerprint density at radius 1 is 1.42 bits per heavy atom. The number of hydrogen-bond donors (Lipinski definition) is 1. The Labute approximate surface area is 112 Å². The zero-order chi connectivity index (χ0) is 13.5. The zero-order valence-electron chi connectivity index (χ0n) is 11.6. The van der Waals surface area contributed by atoms with Crippen LogP contribution >= 0.6 is 0 Å². The van der Waals surface area contributed by atoms with Gasteiger partial charge in [-0.25, -0.2) is 0 Å². The van der Waals surface area contributed by atoms with Crippen molar-refractivity contribution < 1.29 is 19.4 Å². The molecule has 1 N–H and O–H groups in total. The van der Waals surface area contributed by atoms with Crippen LogP contribution in [-0.4, -0.2) is 35.0 Å². The van der Waals surface area contributed by atoms with Crippen LogP contribution in [0.5, 0.6) is 0 Å². The molecule has 0 aromatic heterocycles. The number of ether oxygens (including phenoxy) is 2. The molecule has 2 aliphatic carbocycles. The molecule has 0 spiro atoms. The first-order valence-corrected chi connectivity index (χ1v) is 7.21. The summed E-state index contributed by atoms with van der Waals surface area (Å²) in [6.45, 7) is 6.12. The number of carbonyl (C=O) groups is 1. The van der Waals surface area contributed by atoms with Crippen molar-refractivity contribution in [2.45, 2.75) is 57.5 Å². The maximum Gasteiger partial charge on any atom is 0.309 e. The van der Waals surface area contributed by atoms with Gasteiger partial charge < -0.3 is 14.6 Å². The summed E-state index contributed by atoms with van der Waals surface area (Å²) in [6.07, 6.45) is 1.20. The molecule has 7 atom stereocenters. The van der Waals surface area contributed by atoms with E-state index in [9.17, 15) is 9.90 Å². The number of fused-ring (bicyclic) bond motifs is 5. The van der Waals surface area contributed by atoms with Crippen LogP contribution < -0.4 is 0 Å². The summed E-state index contributed by atoms with van der Waals surface area (Å²) in [7, 11) is 0. The Bertz CT molecular complexity index is 496. The molecule has 0 aromatic carbocycles. The maximum atomic E-state index is 11.9. The molecule has 2 heterocycles. The van der Waals surface area contributed by atoms with Gasteiger partial charge in [0.25, 0.3) is 0 Å². The lowest BCUT2D eigenvalue weighted by molar-refractivity contribution is -0.145. The van der Waals surface area contributed by atoms with Gasteiger partial charge in [-0.15, -0.1) is 0 Å². The third kappa shape index (κ3) is 1.29. The third-order valence-electron chi connectivity index (χ3n) is 5.81. The number of aliphatic hydroxyl groups excluding tert-OH is 1. The number of aliphatic hydroxyl groups is 1. The second-order valence-corrected chi connectivity index (χ2v) is 6.77. The highest BCUT2D eigenvalue weighted by Gasteiger charge is 2.73. The van der Waals surface area contributed by atoms with E-state index in [1.54, 1.807) is 0 Å². The highest BCUT2D eigenvalue weighted by Crippen LogP contribution is 2.62. The van der Waals surface area contributed by atoms with E-state index in [1.165, 1.54) is 5.57 Å². The number of rotatable bonds is 0. The maximum absolute atomic E-state index is 11.9. The molecule has 104 valence electrons. The van der Waals surface area contributed by atoms with Crippen molar-refractivity contribution in [3.63, 3.8) is 0 Å². The molecule has 0 radical (unpaired) electrons. The standard InChI is InChI=1S/C15H20O4/c1-6-4-5-8-7(2)14(17)18-12(8)10-9(6)11(16)13-15(10,3)19-13/h7-8,10-13,16H,4-5H2,1-3H3/t7-,8-,10-,11-,12-,13-,15+/m0/s1. The molecule has 0 bridgehead atoms. The summed E-state index contributed by atoms with van der Waals surface area (Å²) in [5.74, 6) is 0.192. The molecule has 4 aliphatic rings. The summed E-state index contributed by atoms with van der Waals surface area (Å²) in [5, 5.41) is 10.4. The lowest BCUT2D eigenvalue weighted by Crippen LogP contribution is -2.36. The highest BCUT2D eigenvalue weighted by molar-refractivity contribution is 5.75. The zero-order valence-corrected chi connectivity index (χ0v) is 11.6. The van der Waals surface area contributed by atoms with Crippen molar-refractivity contribution in [2.75, 3.05) is 0 Å². The van der Waals surface area contributed by atoms with E-state index in [-0.39, 0.29) is 41.5 Å². The van der Waals surface area contributed by atoms with Crippen LogP contribution in [0, 0.1) is 17.8 Å². The van der Waals surface area contributed by atoms with Crippen LogP contribution in [0.3, 0.4) is 0 Å². The van der Waals surface area contributed by atoms with Crippen molar-refractivity contribution in [3.05, 3.63) is 11.1 Å². The van der Waals surface area contributed by atoms with Gasteiger partial charge in [0.15, 0.2) is 0 Å². The first-order valence-electron chi connectivity index (χ1n) is 7.21. The van der Waals surface area contributed by atoms with Gasteiger partial charge in [-0.05, 0) is 32.3 Å². The Morgan fingerprint density at radius 3 is 2.89 bits per heavy atom. The van der Waals surface area contributed by atoms with Crippen molar-refractivity contribution >= 4 is 5.97 Å². The molecule has 2 saturated heterocycles. The lowest BCUT2D eigenvalue weighted by Gasteiger charge is -2.28. The fraction of sp³-hybridized carbons (Fsp3) is 0.800. The second-order valence-electron chi connectivity index (χ2n) is 6.77. The molecule has 0 amide bonds. The molecule has 4 heteroatoms. The Balaban J connectivity index is 1.81. The van der Waals surface area contributed by atoms with E-state index >= 15 is 0 Å². The molecular formula is C15H20O4. The Hall–Kier alpha value is -0.870. The minimum Gasteiger partial charge on any atom is -0.461 e. The number of carbonyl (C=O) groups excluding carboxylic acids is 1. The fourth-order valence-corrected chi connectivity index (χ4v) is 4.59. The first kappa shape index (κ1) is 11.9.